The monoisotopic (exact) mass is 297 g/mol. The highest BCUT2D eigenvalue weighted by molar-refractivity contribution is 5.67. The normalized spacial score (nSPS) is 24.3. The summed E-state index contributed by atoms with van der Waals surface area (Å²) in [5.74, 6) is -0.203. The SMILES string of the molecule is Fc1ccc(-c2cncc(N3CCN4CCCC3C4)c2)cc1. The largest absolute Gasteiger partial charge is 0.365 e. The second-order valence-electron chi connectivity index (χ2n) is 6.23. The Morgan fingerprint density at radius 1 is 1.00 bits per heavy atom. The Hall–Kier alpha value is -1.94. The van der Waals surface area contributed by atoms with E-state index in [1.165, 1.54) is 43.8 Å². The molecule has 22 heavy (non-hydrogen) atoms. The number of hydrogen-bond donors (Lipinski definition) is 0. The Morgan fingerprint density at radius 2 is 1.86 bits per heavy atom. The molecule has 2 unspecified atom stereocenters. The van der Waals surface area contributed by atoms with Crippen LogP contribution in [0.15, 0.2) is 42.7 Å². The number of piperazine rings is 1. The summed E-state index contributed by atoms with van der Waals surface area (Å²) >= 11 is 0. The van der Waals surface area contributed by atoms with E-state index in [9.17, 15) is 4.39 Å². The van der Waals surface area contributed by atoms with Crippen molar-refractivity contribution in [2.45, 2.75) is 18.9 Å². The summed E-state index contributed by atoms with van der Waals surface area (Å²) in [6.07, 6.45) is 6.36. The van der Waals surface area contributed by atoms with E-state index < -0.39 is 0 Å². The van der Waals surface area contributed by atoms with E-state index >= 15 is 0 Å². The first kappa shape index (κ1) is 13.7. The molecule has 2 bridgehead atoms. The van der Waals surface area contributed by atoms with E-state index in [2.05, 4.69) is 20.9 Å². The van der Waals surface area contributed by atoms with E-state index in [1.807, 2.05) is 24.5 Å². The molecule has 1 aromatic heterocycles. The minimum absolute atomic E-state index is 0.203. The summed E-state index contributed by atoms with van der Waals surface area (Å²) in [5.41, 5.74) is 3.25. The van der Waals surface area contributed by atoms with Gasteiger partial charge in [-0.2, -0.15) is 0 Å². The van der Waals surface area contributed by atoms with Crippen LogP contribution >= 0.6 is 0 Å². The number of benzene rings is 1. The molecule has 0 amide bonds. The quantitative estimate of drug-likeness (QED) is 0.849. The number of anilines is 1. The Bertz CT molecular complexity index is 656. The standard InChI is InChI=1S/C18H20FN3/c19-16-5-3-14(4-6-16)15-10-18(12-20-11-15)22-9-8-21-7-1-2-17(22)13-21/h3-6,10-12,17H,1-2,7-9,13H2. The van der Waals surface area contributed by atoms with Crippen LogP contribution in [0.5, 0.6) is 0 Å². The summed E-state index contributed by atoms with van der Waals surface area (Å²) < 4.78 is 13.1. The van der Waals surface area contributed by atoms with E-state index in [-0.39, 0.29) is 5.82 Å². The van der Waals surface area contributed by atoms with E-state index in [0.717, 1.165) is 24.2 Å². The lowest BCUT2D eigenvalue weighted by Gasteiger charge is -2.46. The average molecular weight is 297 g/mol. The highest BCUT2D eigenvalue weighted by Gasteiger charge is 2.30. The molecule has 2 aliphatic heterocycles. The van der Waals surface area contributed by atoms with Crippen LogP contribution in [-0.2, 0) is 0 Å². The maximum absolute atomic E-state index is 13.1. The number of aromatic nitrogens is 1. The van der Waals surface area contributed by atoms with Gasteiger partial charge in [0.05, 0.1) is 11.9 Å². The molecule has 3 nitrogen and oxygen atoms in total. The summed E-state index contributed by atoms with van der Waals surface area (Å²) in [5, 5.41) is 0. The molecule has 1 aromatic carbocycles. The first-order valence-electron chi connectivity index (χ1n) is 7.99. The van der Waals surface area contributed by atoms with Crippen molar-refractivity contribution < 1.29 is 4.39 Å². The first-order chi connectivity index (χ1) is 10.8. The molecule has 4 rings (SSSR count). The molecule has 2 fully saturated rings. The molecule has 2 aromatic rings. The number of pyridine rings is 1. The molecular formula is C18H20FN3. The molecule has 0 N–H and O–H groups in total. The maximum atomic E-state index is 13.1. The highest BCUT2D eigenvalue weighted by atomic mass is 19.1. The van der Waals surface area contributed by atoms with Crippen molar-refractivity contribution in [3.05, 3.63) is 48.5 Å². The van der Waals surface area contributed by atoms with Crippen molar-refractivity contribution in [1.82, 2.24) is 9.88 Å². The van der Waals surface area contributed by atoms with E-state index in [1.54, 1.807) is 0 Å². The van der Waals surface area contributed by atoms with Crippen LogP contribution in [0.1, 0.15) is 12.8 Å². The van der Waals surface area contributed by atoms with Crippen LogP contribution in [0.4, 0.5) is 10.1 Å². The summed E-state index contributed by atoms with van der Waals surface area (Å²) in [4.78, 5) is 9.47. The van der Waals surface area contributed by atoms with Gasteiger partial charge in [0.2, 0.25) is 0 Å². The number of fused-ring (bicyclic) bond motifs is 2. The van der Waals surface area contributed by atoms with Crippen LogP contribution in [0.3, 0.4) is 0 Å². The van der Waals surface area contributed by atoms with Gasteiger partial charge in [-0.3, -0.25) is 9.88 Å². The number of halogens is 1. The molecular weight excluding hydrogens is 277 g/mol. The predicted molar refractivity (Wildman–Crippen MR) is 86.4 cm³/mol. The molecule has 0 radical (unpaired) electrons. The van der Waals surface area contributed by atoms with Gasteiger partial charge in [0.15, 0.2) is 0 Å². The lowest BCUT2D eigenvalue weighted by molar-refractivity contribution is 0.174. The lowest BCUT2D eigenvalue weighted by Crippen LogP contribution is -2.56. The fraction of sp³-hybridized carbons (Fsp3) is 0.389. The third kappa shape index (κ3) is 2.59. The Labute approximate surface area is 130 Å². The van der Waals surface area contributed by atoms with Crippen LogP contribution < -0.4 is 4.90 Å². The summed E-state index contributed by atoms with van der Waals surface area (Å²) in [6.45, 7) is 4.62. The molecule has 2 saturated heterocycles. The zero-order valence-electron chi connectivity index (χ0n) is 12.6. The van der Waals surface area contributed by atoms with E-state index in [0.29, 0.717) is 6.04 Å². The third-order valence-electron chi connectivity index (χ3n) is 4.81. The zero-order chi connectivity index (χ0) is 14.9. The second-order valence-corrected chi connectivity index (χ2v) is 6.23. The lowest BCUT2D eigenvalue weighted by atomic mass is 10.00. The van der Waals surface area contributed by atoms with Crippen LogP contribution in [-0.4, -0.2) is 42.1 Å². The van der Waals surface area contributed by atoms with Gasteiger partial charge >= 0.3 is 0 Å². The Kier molecular flexibility index (Phi) is 3.54. The van der Waals surface area contributed by atoms with Crippen molar-refractivity contribution in [3.8, 4) is 11.1 Å². The van der Waals surface area contributed by atoms with Crippen molar-refractivity contribution in [3.63, 3.8) is 0 Å². The van der Waals surface area contributed by atoms with Gasteiger partial charge in [0, 0.05) is 37.4 Å². The molecule has 0 spiro atoms. The van der Waals surface area contributed by atoms with Gasteiger partial charge in [0.25, 0.3) is 0 Å². The second kappa shape index (κ2) is 5.69. The van der Waals surface area contributed by atoms with Gasteiger partial charge in [-0.05, 0) is 43.1 Å². The van der Waals surface area contributed by atoms with Gasteiger partial charge in [-0.1, -0.05) is 12.1 Å². The topological polar surface area (TPSA) is 19.4 Å². The summed E-state index contributed by atoms with van der Waals surface area (Å²) in [6, 6.07) is 9.42. The van der Waals surface area contributed by atoms with Crippen molar-refractivity contribution in [1.29, 1.82) is 0 Å². The molecule has 2 aliphatic rings. The van der Waals surface area contributed by atoms with Crippen molar-refractivity contribution in [2.75, 3.05) is 31.1 Å². The third-order valence-corrected chi connectivity index (χ3v) is 4.81. The van der Waals surface area contributed by atoms with Gasteiger partial charge in [-0.25, -0.2) is 4.39 Å². The van der Waals surface area contributed by atoms with Crippen molar-refractivity contribution in [2.24, 2.45) is 0 Å². The molecule has 0 saturated carbocycles. The number of hydrogen-bond acceptors (Lipinski definition) is 3. The Morgan fingerprint density at radius 3 is 2.73 bits per heavy atom. The zero-order valence-corrected chi connectivity index (χ0v) is 12.6. The van der Waals surface area contributed by atoms with Crippen molar-refractivity contribution >= 4 is 5.69 Å². The molecule has 3 heterocycles. The highest BCUT2D eigenvalue weighted by Crippen LogP contribution is 2.29. The maximum Gasteiger partial charge on any atom is 0.123 e. The number of nitrogens with zero attached hydrogens (tertiary/aromatic N) is 3. The first-order valence-corrected chi connectivity index (χ1v) is 7.99. The van der Waals surface area contributed by atoms with Gasteiger partial charge in [-0.15, -0.1) is 0 Å². The van der Waals surface area contributed by atoms with Crippen LogP contribution in [0, 0.1) is 5.82 Å². The smallest absolute Gasteiger partial charge is 0.123 e. The fourth-order valence-electron chi connectivity index (χ4n) is 3.65. The van der Waals surface area contributed by atoms with E-state index in [4.69, 9.17) is 0 Å². The fourth-order valence-corrected chi connectivity index (χ4v) is 3.65. The minimum Gasteiger partial charge on any atom is -0.365 e. The van der Waals surface area contributed by atoms with Gasteiger partial charge < -0.3 is 4.90 Å². The average Bonchev–Trinajstić information content (AvgIpc) is 2.56. The van der Waals surface area contributed by atoms with Crippen LogP contribution in [0.2, 0.25) is 0 Å². The Balaban J connectivity index is 1.62. The predicted octanol–water partition coefficient (Wildman–Crippen LogP) is 3.17. The van der Waals surface area contributed by atoms with Crippen LogP contribution in [0.25, 0.3) is 11.1 Å². The number of piperidine rings is 1. The minimum atomic E-state index is -0.203. The molecule has 114 valence electrons. The summed E-state index contributed by atoms with van der Waals surface area (Å²) in [7, 11) is 0. The number of rotatable bonds is 2. The molecule has 2 atom stereocenters. The van der Waals surface area contributed by atoms with Gasteiger partial charge in [0.1, 0.15) is 5.82 Å². The molecule has 4 heteroatoms. The molecule has 0 aliphatic carbocycles.